The number of hydrogen-bond donors (Lipinski definition) is 2. The molecule has 1 aliphatic rings. The second-order valence-corrected chi connectivity index (χ2v) is 6.13. The number of nitrogens with zero attached hydrogens (tertiary/aromatic N) is 3. The summed E-state index contributed by atoms with van der Waals surface area (Å²) in [4.78, 5) is 8.32. The lowest BCUT2D eigenvalue weighted by Crippen LogP contribution is -2.23. The Kier molecular flexibility index (Phi) is 4.41. The predicted octanol–water partition coefficient (Wildman–Crippen LogP) is 3.02. The van der Waals surface area contributed by atoms with Crippen LogP contribution in [0.5, 0.6) is 5.88 Å². The van der Waals surface area contributed by atoms with Gasteiger partial charge < -0.3 is 16.2 Å². The molecular weight excluding hydrogens is 367 g/mol. The lowest BCUT2D eigenvalue weighted by Gasteiger charge is -2.26. The number of ether oxygens (including phenoxy) is 1. The minimum absolute atomic E-state index is 0.0319. The number of halogens is 3. The standard InChI is InChI=1S/C16H12F3N5OS/c1-26-15-23-12(21)11-10(9(6-20)13(22)25-14(11)24-15)7-2-4-8(5-3-7)16(17,18)19/h2-5,10H,22H2,1H3,(H2,21,23,24)/t10-/m0/s1. The Balaban J connectivity index is 2.18. The number of nitrogens with two attached hydrogens (primary N) is 2. The molecule has 1 aromatic heterocycles. The maximum Gasteiger partial charge on any atom is 0.416 e. The molecule has 0 bridgehead atoms. The fraction of sp³-hybridized carbons (Fsp3) is 0.188. The third-order valence-electron chi connectivity index (χ3n) is 3.84. The maximum atomic E-state index is 12.8. The average molecular weight is 379 g/mol. The zero-order valence-electron chi connectivity index (χ0n) is 13.3. The molecule has 134 valence electrons. The van der Waals surface area contributed by atoms with Gasteiger partial charge in [-0.1, -0.05) is 23.9 Å². The van der Waals surface area contributed by atoms with Crippen LogP contribution in [0.1, 0.15) is 22.6 Å². The molecule has 2 heterocycles. The Morgan fingerprint density at radius 1 is 1.19 bits per heavy atom. The van der Waals surface area contributed by atoms with Crippen LogP contribution in [-0.2, 0) is 6.18 Å². The zero-order valence-corrected chi connectivity index (χ0v) is 14.1. The number of anilines is 1. The van der Waals surface area contributed by atoms with Crippen LogP contribution in [0.25, 0.3) is 0 Å². The van der Waals surface area contributed by atoms with Crippen molar-refractivity contribution in [1.82, 2.24) is 9.97 Å². The number of nitrogen functional groups attached to an aromatic ring is 1. The van der Waals surface area contributed by atoms with Crippen molar-refractivity contribution in [1.29, 1.82) is 5.26 Å². The highest BCUT2D eigenvalue weighted by Crippen LogP contribution is 2.44. The molecule has 0 amide bonds. The van der Waals surface area contributed by atoms with Crippen LogP contribution in [0.4, 0.5) is 19.0 Å². The van der Waals surface area contributed by atoms with Crippen LogP contribution in [-0.4, -0.2) is 16.2 Å². The zero-order chi connectivity index (χ0) is 19.1. The largest absolute Gasteiger partial charge is 0.422 e. The summed E-state index contributed by atoms with van der Waals surface area (Å²) < 4.78 is 43.8. The van der Waals surface area contributed by atoms with Gasteiger partial charge in [0.2, 0.25) is 11.8 Å². The summed E-state index contributed by atoms with van der Waals surface area (Å²) in [6.07, 6.45) is -2.72. The number of alkyl halides is 3. The second-order valence-electron chi connectivity index (χ2n) is 5.36. The van der Waals surface area contributed by atoms with Gasteiger partial charge in [0.1, 0.15) is 17.5 Å². The van der Waals surface area contributed by atoms with Crippen molar-refractivity contribution < 1.29 is 17.9 Å². The molecule has 0 aliphatic carbocycles. The van der Waals surface area contributed by atoms with Crippen LogP contribution in [0, 0.1) is 11.3 Å². The SMILES string of the molecule is CSc1nc(N)c2c(n1)OC(N)=C(C#N)[C@@H]2c1ccc(C(F)(F)F)cc1. The Hall–Kier alpha value is -2.93. The van der Waals surface area contributed by atoms with E-state index in [2.05, 4.69) is 9.97 Å². The first-order valence-electron chi connectivity index (χ1n) is 7.22. The van der Waals surface area contributed by atoms with Gasteiger partial charge in [-0.05, 0) is 24.0 Å². The lowest BCUT2D eigenvalue weighted by molar-refractivity contribution is -0.137. The van der Waals surface area contributed by atoms with Crippen molar-refractivity contribution in [3.8, 4) is 11.9 Å². The van der Waals surface area contributed by atoms with Crippen LogP contribution < -0.4 is 16.2 Å². The van der Waals surface area contributed by atoms with Crippen molar-refractivity contribution in [2.24, 2.45) is 5.73 Å². The van der Waals surface area contributed by atoms with Gasteiger partial charge in [-0.25, -0.2) is 4.98 Å². The summed E-state index contributed by atoms with van der Waals surface area (Å²) in [5.74, 6) is -0.829. The molecule has 0 saturated carbocycles. The molecular formula is C16H12F3N5OS. The molecule has 0 unspecified atom stereocenters. The highest BCUT2D eigenvalue weighted by Gasteiger charge is 2.36. The molecule has 1 atom stereocenters. The minimum atomic E-state index is -4.46. The Morgan fingerprint density at radius 2 is 1.85 bits per heavy atom. The fourth-order valence-corrected chi connectivity index (χ4v) is 3.01. The first-order valence-corrected chi connectivity index (χ1v) is 8.45. The number of hydrogen-bond acceptors (Lipinski definition) is 7. The summed E-state index contributed by atoms with van der Waals surface area (Å²) >= 11 is 1.24. The van der Waals surface area contributed by atoms with Gasteiger partial charge in [0, 0.05) is 0 Å². The molecule has 26 heavy (non-hydrogen) atoms. The van der Waals surface area contributed by atoms with E-state index in [1.54, 1.807) is 6.26 Å². The summed E-state index contributed by atoms with van der Waals surface area (Å²) in [5.41, 5.74) is 11.8. The van der Waals surface area contributed by atoms with Crippen LogP contribution >= 0.6 is 11.8 Å². The third kappa shape index (κ3) is 3.01. The summed E-state index contributed by atoms with van der Waals surface area (Å²) in [6.45, 7) is 0. The van der Waals surface area contributed by atoms with Gasteiger partial charge in [-0.2, -0.15) is 23.4 Å². The highest BCUT2D eigenvalue weighted by atomic mass is 32.2. The third-order valence-corrected chi connectivity index (χ3v) is 4.39. The maximum absolute atomic E-state index is 12.8. The molecule has 2 aromatic rings. The number of aromatic nitrogens is 2. The molecule has 6 nitrogen and oxygen atoms in total. The number of nitriles is 1. The van der Waals surface area contributed by atoms with Crippen molar-refractivity contribution in [2.45, 2.75) is 17.3 Å². The van der Waals surface area contributed by atoms with Gasteiger partial charge in [-0.3, -0.25) is 0 Å². The summed E-state index contributed by atoms with van der Waals surface area (Å²) in [7, 11) is 0. The Bertz CT molecular complexity index is 935. The number of allylic oxidation sites excluding steroid dienone is 1. The number of benzene rings is 1. The van der Waals surface area contributed by atoms with Crippen molar-refractivity contribution in [3.05, 3.63) is 52.4 Å². The van der Waals surface area contributed by atoms with Crippen molar-refractivity contribution in [2.75, 3.05) is 12.0 Å². The van der Waals surface area contributed by atoms with Crippen molar-refractivity contribution in [3.63, 3.8) is 0 Å². The molecule has 1 aromatic carbocycles. The quantitative estimate of drug-likeness (QED) is 0.609. The van der Waals surface area contributed by atoms with Gasteiger partial charge in [0.15, 0.2) is 5.16 Å². The van der Waals surface area contributed by atoms with Gasteiger partial charge in [0.05, 0.1) is 17.0 Å². The monoisotopic (exact) mass is 379 g/mol. The van der Waals surface area contributed by atoms with E-state index in [4.69, 9.17) is 16.2 Å². The molecule has 1 aliphatic heterocycles. The first kappa shape index (κ1) is 17.9. The van der Waals surface area contributed by atoms with E-state index in [-0.39, 0.29) is 23.2 Å². The van der Waals surface area contributed by atoms with Gasteiger partial charge in [0.25, 0.3) is 0 Å². The fourth-order valence-electron chi connectivity index (χ4n) is 2.65. The van der Waals surface area contributed by atoms with E-state index >= 15 is 0 Å². The van der Waals surface area contributed by atoms with Crippen LogP contribution in [0.2, 0.25) is 0 Å². The molecule has 0 fully saturated rings. The second kappa shape index (κ2) is 6.42. The number of rotatable bonds is 2. The molecule has 4 N–H and O–H groups in total. The van der Waals surface area contributed by atoms with Gasteiger partial charge in [-0.15, -0.1) is 0 Å². The molecule has 3 rings (SSSR count). The number of fused-ring (bicyclic) bond motifs is 1. The van der Waals surface area contributed by atoms with E-state index in [9.17, 15) is 18.4 Å². The summed E-state index contributed by atoms with van der Waals surface area (Å²) in [5, 5.41) is 9.81. The van der Waals surface area contributed by atoms with E-state index in [0.717, 1.165) is 12.1 Å². The van der Waals surface area contributed by atoms with E-state index in [1.807, 2.05) is 6.07 Å². The first-order chi connectivity index (χ1) is 12.3. The Morgan fingerprint density at radius 3 is 2.38 bits per heavy atom. The minimum Gasteiger partial charge on any atom is -0.422 e. The highest BCUT2D eigenvalue weighted by molar-refractivity contribution is 7.98. The van der Waals surface area contributed by atoms with Gasteiger partial charge >= 0.3 is 6.18 Å². The normalized spacial score (nSPS) is 16.7. The molecule has 0 spiro atoms. The topological polar surface area (TPSA) is 111 Å². The molecule has 10 heteroatoms. The lowest BCUT2D eigenvalue weighted by atomic mass is 9.84. The van der Waals surface area contributed by atoms with Crippen LogP contribution in [0.15, 0.2) is 40.9 Å². The molecule has 0 radical (unpaired) electrons. The number of thioether (sulfide) groups is 1. The smallest absolute Gasteiger partial charge is 0.416 e. The molecule has 0 saturated heterocycles. The Labute approximate surface area is 150 Å². The van der Waals surface area contributed by atoms with Crippen molar-refractivity contribution >= 4 is 17.6 Å². The average Bonchev–Trinajstić information content (AvgIpc) is 2.59. The predicted molar refractivity (Wildman–Crippen MR) is 89.0 cm³/mol. The summed E-state index contributed by atoms with van der Waals surface area (Å²) in [6, 6.07) is 6.35. The van der Waals surface area contributed by atoms with E-state index < -0.39 is 17.7 Å². The van der Waals surface area contributed by atoms with E-state index in [0.29, 0.717) is 16.3 Å². The van der Waals surface area contributed by atoms with Crippen LogP contribution in [0.3, 0.4) is 0 Å². The van der Waals surface area contributed by atoms with E-state index in [1.165, 1.54) is 23.9 Å².